The summed E-state index contributed by atoms with van der Waals surface area (Å²) >= 11 is 5.26. The number of nitrogens with zero attached hydrogens (tertiary/aromatic N) is 1. The van der Waals surface area contributed by atoms with Crippen molar-refractivity contribution in [3.8, 4) is 0 Å². The smallest absolute Gasteiger partial charge is 0.303 e. The molecule has 1 aliphatic rings. The highest BCUT2D eigenvalue weighted by Crippen LogP contribution is 2.21. The summed E-state index contributed by atoms with van der Waals surface area (Å²) in [5, 5.41) is 14.2. The van der Waals surface area contributed by atoms with Crippen LogP contribution in [0, 0.1) is 0 Å². The van der Waals surface area contributed by atoms with Gasteiger partial charge in [0.1, 0.15) is 5.66 Å². The summed E-state index contributed by atoms with van der Waals surface area (Å²) in [5.41, 5.74) is 3.61. The van der Waals surface area contributed by atoms with Gasteiger partial charge >= 0.3 is 5.97 Å². The molecule has 0 aliphatic carbocycles. The van der Waals surface area contributed by atoms with Gasteiger partial charge in [0.15, 0.2) is 5.11 Å². The molecule has 2 rings (SSSR count). The fourth-order valence-corrected chi connectivity index (χ4v) is 2.23. The van der Waals surface area contributed by atoms with Gasteiger partial charge in [0.05, 0.1) is 5.69 Å². The number of carboxylic acid groups (broad SMARTS) is 1. The molecule has 1 saturated heterocycles. The van der Waals surface area contributed by atoms with Gasteiger partial charge in [0.25, 0.3) is 0 Å². The minimum absolute atomic E-state index is 0.0851. The maximum atomic E-state index is 10.6. The fourth-order valence-electron chi connectivity index (χ4n) is 1.85. The average Bonchev–Trinajstić information content (AvgIpc) is 2.64. The second-order valence-electron chi connectivity index (χ2n) is 4.44. The molecule has 0 spiro atoms. The molecule has 1 heterocycles. The molecule has 6 heteroatoms. The number of aliphatic carboxylic acids is 1. The first-order chi connectivity index (χ1) is 8.50. The van der Waals surface area contributed by atoms with Crippen LogP contribution in [0.15, 0.2) is 30.3 Å². The number of rotatable bonds is 4. The van der Waals surface area contributed by atoms with E-state index < -0.39 is 11.6 Å². The number of hydrazine groups is 1. The first-order valence-electron chi connectivity index (χ1n) is 5.67. The maximum absolute atomic E-state index is 10.6. The molecule has 1 fully saturated rings. The number of carbonyl (C=O) groups is 1. The lowest BCUT2D eigenvalue weighted by Gasteiger charge is -2.24. The van der Waals surface area contributed by atoms with E-state index in [0.29, 0.717) is 11.5 Å². The van der Waals surface area contributed by atoms with Gasteiger partial charge in [-0.1, -0.05) is 18.2 Å². The first kappa shape index (κ1) is 12.8. The van der Waals surface area contributed by atoms with E-state index in [1.54, 1.807) is 5.01 Å². The summed E-state index contributed by atoms with van der Waals surface area (Å²) in [6, 6.07) is 9.65. The Bertz CT molecular complexity index is 466. The van der Waals surface area contributed by atoms with E-state index in [1.165, 1.54) is 0 Å². The minimum atomic E-state index is -0.816. The predicted molar refractivity (Wildman–Crippen MR) is 73.1 cm³/mol. The summed E-state index contributed by atoms with van der Waals surface area (Å²) in [4.78, 5) is 10.6. The highest BCUT2D eigenvalue weighted by Gasteiger charge is 2.36. The van der Waals surface area contributed by atoms with Crippen molar-refractivity contribution in [2.75, 3.05) is 5.01 Å². The molecule has 1 aromatic rings. The molecule has 3 N–H and O–H groups in total. The van der Waals surface area contributed by atoms with Crippen LogP contribution >= 0.6 is 12.2 Å². The van der Waals surface area contributed by atoms with Crippen LogP contribution in [-0.2, 0) is 4.79 Å². The van der Waals surface area contributed by atoms with Gasteiger partial charge in [-0.25, -0.2) is 5.43 Å². The molecule has 1 aromatic carbocycles. The molecule has 1 aliphatic heterocycles. The van der Waals surface area contributed by atoms with E-state index in [4.69, 9.17) is 17.3 Å². The number of carboxylic acids is 1. The summed E-state index contributed by atoms with van der Waals surface area (Å²) < 4.78 is 0. The first-order valence-corrected chi connectivity index (χ1v) is 6.08. The Morgan fingerprint density at radius 3 is 2.72 bits per heavy atom. The van der Waals surface area contributed by atoms with Crippen molar-refractivity contribution in [1.29, 1.82) is 0 Å². The summed E-state index contributed by atoms with van der Waals surface area (Å²) in [7, 11) is 0. The lowest BCUT2D eigenvalue weighted by molar-refractivity contribution is -0.137. The van der Waals surface area contributed by atoms with Crippen LogP contribution in [0.25, 0.3) is 0 Å². The average molecular weight is 265 g/mol. The van der Waals surface area contributed by atoms with Crippen molar-refractivity contribution in [3.63, 3.8) is 0 Å². The van der Waals surface area contributed by atoms with Crippen LogP contribution in [-0.4, -0.2) is 21.9 Å². The monoisotopic (exact) mass is 265 g/mol. The number of anilines is 1. The van der Waals surface area contributed by atoms with Crippen molar-refractivity contribution < 1.29 is 9.90 Å². The maximum Gasteiger partial charge on any atom is 0.303 e. The minimum Gasteiger partial charge on any atom is -0.481 e. The quantitative estimate of drug-likeness (QED) is 0.716. The van der Waals surface area contributed by atoms with Crippen molar-refractivity contribution >= 4 is 29.0 Å². The largest absolute Gasteiger partial charge is 0.481 e. The molecular formula is C12H15N3O2S. The Labute approximate surface area is 111 Å². The number of para-hydroxylation sites is 1. The zero-order valence-electron chi connectivity index (χ0n) is 10.0. The molecule has 0 saturated carbocycles. The standard InChI is InChI=1S/C12H15N3O2S/c1-12(8-7-10(16)17)13-11(18)15(14-12)9-5-3-2-4-6-9/h2-6,14H,7-8H2,1H3,(H,13,18)(H,16,17)/t12-/m0/s1. The summed E-state index contributed by atoms with van der Waals surface area (Å²) in [6.07, 6.45) is 0.535. The highest BCUT2D eigenvalue weighted by atomic mass is 32.1. The topological polar surface area (TPSA) is 64.6 Å². The third-order valence-electron chi connectivity index (χ3n) is 2.80. The van der Waals surface area contributed by atoms with E-state index in [2.05, 4.69) is 10.7 Å². The lowest BCUT2D eigenvalue weighted by Crippen LogP contribution is -2.48. The Morgan fingerprint density at radius 1 is 1.44 bits per heavy atom. The Kier molecular flexibility index (Phi) is 3.49. The second-order valence-corrected chi connectivity index (χ2v) is 4.83. The van der Waals surface area contributed by atoms with Crippen LogP contribution < -0.4 is 15.8 Å². The zero-order valence-corrected chi connectivity index (χ0v) is 10.8. The van der Waals surface area contributed by atoms with Crippen LogP contribution in [0.3, 0.4) is 0 Å². The zero-order chi connectivity index (χ0) is 13.2. The normalized spacial score (nSPS) is 22.9. The van der Waals surface area contributed by atoms with Gasteiger partial charge in [-0.15, -0.1) is 0 Å². The van der Waals surface area contributed by atoms with Gasteiger partial charge in [-0.3, -0.25) is 9.80 Å². The molecule has 18 heavy (non-hydrogen) atoms. The number of thiocarbonyl (C=S) groups is 1. The molecule has 96 valence electrons. The van der Waals surface area contributed by atoms with Crippen LogP contribution in [0.1, 0.15) is 19.8 Å². The molecule has 1 atom stereocenters. The van der Waals surface area contributed by atoms with Crippen LogP contribution in [0.2, 0.25) is 0 Å². The summed E-state index contributed by atoms with van der Waals surface area (Å²) in [5.74, 6) is -0.816. The van der Waals surface area contributed by atoms with Crippen molar-refractivity contribution in [1.82, 2.24) is 10.7 Å². The van der Waals surface area contributed by atoms with E-state index >= 15 is 0 Å². The van der Waals surface area contributed by atoms with Gasteiger partial charge < -0.3 is 10.4 Å². The fraction of sp³-hybridized carbons (Fsp3) is 0.333. The van der Waals surface area contributed by atoms with Gasteiger partial charge in [0.2, 0.25) is 0 Å². The molecular weight excluding hydrogens is 250 g/mol. The number of benzene rings is 1. The van der Waals surface area contributed by atoms with Crippen LogP contribution in [0.4, 0.5) is 5.69 Å². The number of hydrogen-bond acceptors (Lipinski definition) is 3. The van der Waals surface area contributed by atoms with Crippen molar-refractivity contribution in [3.05, 3.63) is 30.3 Å². The molecule has 0 radical (unpaired) electrons. The summed E-state index contributed by atoms with van der Waals surface area (Å²) in [6.45, 7) is 1.89. The number of hydrogen-bond donors (Lipinski definition) is 3. The highest BCUT2D eigenvalue weighted by molar-refractivity contribution is 7.80. The third kappa shape index (κ3) is 2.77. The van der Waals surface area contributed by atoms with E-state index in [1.807, 2.05) is 37.3 Å². The van der Waals surface area contributed by atoms with Gasteiger partial charge in [-0.2, -0.15) is 0 Å². The van der Waals surface area contributed by atoms with E-state index in [-0.39, 0.29) is 6.42 Å². The Hall–Kier alpha value is -1.66. The van der Waals surface area contributed by atoms with Crippen molar-refractivity contribution in [2.45, 2.75) is 25.4 Å². The van der Waals surface area contributed by atoms with Crippen molar-refractivity contribution in [2.24, 2.45) is 0 Å². The van der Waals surface area contributed by atoms with Gasteiger partial charge in [-0.05, 0) is 37.7 Å². The molecule has 0 aromatic heterocycles. The Balaban J connectivity index is 2.09. The molecule has 0 unspecified atom stereocenters. The third-order valence-corrected chi connectivity index (χ3v) is 3.08. The SMILES string of the molecule is C[C@]1(CCC(=O)O)NC(=S)N(c2ccccc2)N1. The molecule has 0 bridgehead atoms. The van der Waals surface area contributed by atoms with Gasteiger partial charge in [0, 0.05) is 6.42 Å². The van der Waals surface area contributed by atoms with E-state index in [0.717, 1.165) is 5.69 Å². The van der Waals surface area contributed by atoms with Crippen LogP contribution in [0.5, 0.6) is 0 Å². The second kappa shape index (κ2) is 4.91. The lowest BCUT2D eigenvalue weighted by atomic mass is 10.1. The molecule has 0 amide bonds. The van der Waals surface area contributed by atoms with E-state index in [9.17, 15) is 4.79 Å². The Morgan fingerprint density at radius 2 is 2.11 bits per heavy atom. The predicted octanol–water partition coefficient (Wildman–Crippen LogP) is 1.47. The number of nitrogens with one attached hydrogen (secondary N) is 2. The molecule has 5 nitrogen and oxygen atoms in total.